The van der Waals surface area contributed by atoms with Gasteiger partial charge < -0.3 is 0 Å². The molecule has 0 spiro atoms. The van der Waals surface area contributed by atoms with E-state index in [2.05, 4.69) is 137 Å². The average Bonchev–Trinajstić information content (AvgIpc) is 3.27. The largest absolute Gasteiger partial charge is 0.0616 e. The van der Waals surface area contributed by atoms with Gasteiger partial charge in [-0.3, -0.25) is 0 Å². The van der Waals surface area contributed by atoms with E-state index in [9.17, 15) is 0 Å². The fraction of sp³-hybridized carbons (Fsp3) is 0.158. The zero-order valence-corrected chi connectivity index (χ0v) is 22.6. The number of aryl methyl sites for hydroxylation is 1. The lowest BCUT2D eigenvalue weighted by atomic mass is 9.83. The summed E-state index contributed by atoms with van der Waals surface area (Å²) >= 11 is 0. The van der Waals surface area contributed by atoms with E-state index in [1.807, 2.05) is 0 Å². The first-order valence-corrected chi connectivity index (χ1v) is 13.7. The van der Waals surface area contributed by atoms with E-state index in [1.165, 1.54) is 77.2 Å². The molecule has 0 bridgehead atoms. The molecule has 0 saturated heterocycles. The van der Waals surface area contributed by atoms with Crippen molar-refractivity contribution in [2.45, 2.75) is 39.5 Å². The molecule has 6 aromatic rings. The van der Waals surface area contributed by atoms with Crippen molar-refractivity contribution >= 4 is 21.5 Å². The van der Waals surface area contributed by atoms with E-state index in [1.54, 1.807) is 0 Å². The molecule has 0 heterocycles. The summed E-state index contributed by atoms with van der Waals surface area (Å²) in [5.41, 5.74) is 13.7. The van der Waals surface area contributed by atoms with Crippen molar-refractivity contribution in [3.8, 4) is 33.4 Å². The normalized spacial score (nSPS) is 12.6. The number of hydrogen-bond donors (Lipinski definition) is 0. The van der Waals surface area contributed by atoms with Gasteiger partial charge >= 0.3 is 0 Å². The van der Waals surface area contributed by atoms with Crippen LogP contribution in [-0.2, 0) is 11.8 Å². The summed E-state index contributed by atoms with van der Waals surface area (Å²) in [6, 6.07) is 41.1. The topological polar surface area (TPSA) is 0 Å². The molecular weight excluding hydrogens is 456 g/mol. The average molecular weight is 489 g/mol. The molecular formula is C38H32. The maximum Gasteiger partial charge on any atom is -0.00131 e. The molecule has 0 aromatic heterocycles. The Balaban J connectivity index is 1.47. The van der Waals surface area contributed by atoms with Gasteiger partial charge in [-0.25, -0.2) is 0 Å². The van der Waals surface area contributed by atoms with Gasteiger partial charge in [0.15, 0.2) is 0 Å². The van der Waals surface area contributed by atoms with Gasteiger partial charge in [0.1, 0.15) is 0 Å². The van der Waals surface area contributed by atoms with E-state index in [0.29, 0.717) is 0 Å². The van der Waals surface area contributed by atoms with Gasteiger partial charge in [-0.2, -0.15) is 0 Å². The van der Waals surface area contributed by atoms with E-state index in [-0.39, 0.29) is 5.41 Å². The van der Waals surface area contributed by atoms with Crippen LogP contribution in [0.4, 0.5) is 0 Å². The molecule has 0 heteroatoms. The summed E-state index contributed by atoms with van der Waals surface area (Å²) in [6.45, 7) is 9.01. The van der Waals surface area contributed by atoms with Crippen molar-refractivity contribution in [2.75, 3.05) is 0 Å². The fourth-order valence-electron chi connectivity index (χ4n) is 6.38. The van der Waals surface area contributed by atoms with Gasteiger partial charge in [-0.1, -0.05) is 136 Å². The Morgan fingerprint density at radius 2 is 0.974 bits per heavy atom. The minimum atomic E-state index is 0.137. The first-order chi connectivity index (χ1) is 18.4. The van der Waals surface area contributed by atoms with Gasteiger partial charge in [0.2, 0.25) is 0 Å². The lowest BCUT2D eigenvalue weighted by Gasteiger charge is -2.21. The molecule has 0 aliphatic heterocycles. The maximum absolute atomic E-state index is 2.44. The summed E-state index contributed by atoms with van der Waals surface area (Å²) in [5, 5.41) is 5.24. The van der Waals surface area contributed by atoms with Gasteiger partial charge in [-0.05, 0) is 90.4 Å². The smallest absolute Gasteiger partial charge is 0.00131 e. The van der Waals surface area contributed by atoms with Crippen molar-refractivity contribution in [2.24, 2.45) is 0 Å². The Bertz CT molecular complexity index is 1800. The predicted octanol–water partition coefficient (Wildman–Crippen LogP) is 10.5. The number of rotatable bonds is 2. The highest BCUT2D eigenvalue weighted by molar-refractivity contribution is 6.21. The van der Waals surface area contributed by atoms with Crippen molar-refractivity contribution in [3.05, 3.63) is 131 Å². The summed E-state index contributed by atoms with van der Waals surface area (Å²) < 4.78 is 0. The quantitative estimate of drug-likeness (QED) is 0.212. The molecule has 0 atom stereocenters. The summed E-state index contributed by atoms with van der Waals surface area (Å²) in [5.74, 6) is 0. The highest BCUT2D eigenvalue weighted by Crippen LogP contribution is 2.46. The third kappa shape index (κ3) is 3.59. The molecule has 1 aliphatic rings. The van der Waals surface area contributed by atoms with Crippen LogP contribution in [0.15, 0.2) is 109 Å². The lowest BCUT2D eigenvalue weighted by Crippen LogP contribution is -2.10. The maximum atomic E-state index is 2.44. The Hall–Kier alpha value is -4.16. The third-order valence-electron chi connectivity index (χ3n) is 8.30. The predicted molar refractivity (Wildman–Crippen MR) is 164 cm³/mol. The molecule has 38 heavy (non-hydrogen) atoms. The highest BCUT2D eigenvalue weighted by atomic mass is 14.3. The first-order valence-electron chi connectivity index (χ1n) is 13.7. The zero-order chi connectivity index (χ0) is 26.0. The summed E-state index contributed by atoms with van der Waals surface area (Å²) in [6.07, 6.45) is 1.01. The van der Waals surface area contributed by atoms with Crippen molar-refractivity contribution in [1.29, 1.82) is 0 Å². The first kappa shape index (κ1) is 23.0. The van der Waals surface area contributed by atoms with E-state index < -0.39 is 0 Å². The molecule has 0 saturated carbocycles. The van der Waals surface area contributed by atoms with Gasteiger partial charge in [-0.15, -0.1) is 0 Å². The molecule has 0 radical (unpaired) electrons. The lowest BCUT2D eigenvalue weighted by molar-refractivity contribution is 0.590. The molecule has 0 N–H and O–H groups in total. The second-order valence-corrected chi connectivity index (χ2v) is 11.9. The Morgan fingerprint density at radius 3 is 1.53 bits per heavy atom. The number of hydrogen-bond acceptors (Lipinski definition) is 0. The van der Waals surface area contributed by atoms with Gasteiger partial charge in [0.05, 0.1) is 0 Å². The number of fused-ring (bicyclic) bond motifs is 5. The molecule has 0 amide bonds. The molecule has 6 aromatic carbocycles. The number of benzene rings is 6. The van der Waals surface area contributed by atoms with Crippen LogP contribution in [0.1, 0.15) is 43.0 Å². The summed E-state index contributed by atoms with van der Waals surface area (Å²) in [4.78, 5) is 0. The van der Waals surface area contributed by atoms with Gasteiger partial charge in [0, 0.05) is 0 Å². The van der Waals surface area contributed by atoms with Crippen LogP contribution in [0.25, 0.3) is 54.9 Å². The van der Waals surface area contributed by atoms with Crippen molar-refractivity contribution in [1.82, 2.24) is 0 Å². The van der Waals surface area contributed by atoms with E-state index >= 15 is 0 Å². The molecule has 184 valence electrons. The molecule has 0 fully saturated rings. The van der Waals surface area contributed by atoms with Crippen molar-refractivity contribution in [3.63, 3.8) is 0 Å². The Labute approximate surface area is 225 Å². The van der Waals surface area contributed by atoms with Crippen LogP contribution < -0.4 is 0 Å². The molecule has 0 unspecified atom stereocenters. The monoisotopic (exact) mass is 488 g/mol. The van der Waals surface area contributed by atoms with Crippen LogP contribution in [0.3, 0.4) is 0 Å². The van der Waals surface area contributed by atoms with Crippen molar-refractivity contribution < 1.29 is 0 Å². The molecule has 0 nitrogen and oxygen atoms in total. The van der Waals surface area contributed by atoms with E-state index in [0.717, 1.165) is 6.42 Å². The molecule has 1 aliphatic carbocycles. The third-order valence-corrected chi connectivity index (χ3v) is 8.30. The standard InChI is InChI=1S/C38H32/c1-24-13-19-30-27(21-24)23-28-22-26(16-20-31(28)30)37-34-11-7-5-9-32(34)36(33-10-6-8-12-35(33)37)25-14-17-29(18-15-25)38(2,3)4/h5-22H,23H2,1-4H3. The van der Waals surface area contributed by atoms with Crippen LogP contribution in [-0.4, -0.2) is 0 Å². The van der Waals surface area contributed by atoms with E-state index in [4.69, 9.17) is 0 Å². The zero-order valence-electron chi connectivity index (χ0n) is 22.6. The molecule has 7 rings (SSSR count). The SMILES string of the molecule is Cc1ccc2c(c1)Cc1cc(-c3c4ccccc4c(-c4ccc(C(C)(C)C)cc4)c4ccccc34)ccc1-2. The highest BCUT2D eigenvalue weighted by Gasteiger charge is 2.22. The fourth-order valence-corrected chi connectivity index (χ4v) is 6.38. The Kier molecular flexibility index (Phi) is 5.10. The second kappa shape index (κ2) is 8.43. The van der Waals surface area contributed by atoms with Crippen LogP contribution in [0, 0.1) is 6.92 Å². The Morgan fingerprint density at radius 1 is 0.500 bits per heavy atom. The van der Waals surface area contributed by atoms with Crippen LogP contribution >= 0.6 is 0 Å². The van der Waals surface area contributed by atoms with Crippen LogP contribution in [0.5, 0.6) is 0 Å². The summed E-state index contributed by atoms with van der Waals surface area (Å²) in [7, 11) is 0. The second-order valence-electron chi connectivity index (χ2n) is 11.9. The minimum absolute atomic E-state index is 0.137. The van der Waals surface area contributed by atoms with Crippen LogP contribution in [0.2, 0.25) is 0 Å². The minimum Gasteiger partial charge on any atom is -0.0616 e. The van der Waals surface area contributed by atoms with Gasteiger partial charge in [0.25, 0.3) is 0 Å².